The van der Waals surface area contributed by atoms with E-state index in [-0.39, 0.29) is 6.10 Å². The Labute approximate surface area is 58.5 Å². The van der Waals surface area contributed by atoms with Crippen LogP contribution in [-0.2, 0) is 9.53 Å². The third-order valence-electron chi connectivity index (χ3n) is 0.906. The topological polar surface area (TPSA) is 84.7 Å². The second-order valence-corrected chi connectivity index (χ2v) is 1.70. The molecule has 0 spiro atoms. The van der Waals surface area contributed by atoms with Crippen molar-refractivity contribution < 1.29 is 14.3 Å². The zero-order valence-electron chi connectivity index (χ0n) is 5.50. The summed E-state index contributed by atoms with van der Waals surface area (Å²) in [6.07, 6.45) is 0.225. The summed E-state index contributed by atoms with van der Waals surface area (Å²) < 4.78 is 4.79. The highest BCUT2D eigenvalue weighted by atomic mass is 16.6. The van der Waals surface area contributed by atoms with E-state index in [1.165, 1.54) is 0 Å². The van der Waals surface area contributed by atoms with E-state index in [0.717, 1.165) is 6.61 Å². The lowest BCUT2D eigenvalue weighted by atomic mass is 10.5. The van der Waals surface area contributed by atoms with Gasteiger partial charge in [-0.3, -0.25) is 0 Å². The van der Waals surface area contributed by atoms with Gasteiger partial charge in [0.05, 0.1) is 12.7 Å². The number of carbonyl (C=O) groups excluding carboxylic acids is 2. The summed E-state index contributed by atoms with van der Waals surface area (Å²) in [6, 6.07) is -0.486. The van der Waals surface area contributed by atoms with Crippen molar-refractivity contribution in [3.63, 3.8) is 0 Å². The maximum atomic E-state index is 9.99. The van der Waals surface area contributed by atoms with Gasteiger partial charge in [-0.1, -0.05) is 0 Å². The van der Waals surface area contributed by atoms with Crippen LogP contribution in [0.15, 0.2) is 0 Å². The van der Waals surface area contributed by atoms with E-state index >= 15 is 0 Å². The number of carbonyl (C=O) groups is 2. The Morgan fingerprint density at radius 3 is 2.60 bits per heavy atom. The molecule has 10 heavy (non-hydrogen) atoms. The van der Waals surface area contributed by atoms with Gasteiger partial charge >= 0.3 is 6.03 Å². The number of primary amides is 1. The molecule has 1 atom stereocenters. The average Bonchev–Trinajstić information content (AvgIpc) is 2.70. The van der Waals surface area contributed by atoms with E-state index in [9.17, 15) is 4.79 Å². The van der Waals surface area contributed by atoms with Crippen molar-refractivity contribution >= 4 is 12.8 Å². The zero-order valence-corrected chi connectivity index (χ0v) is 5.50. The first kappa shape index (κ1) is 8.90. The molecular formula is C5H10N2O3. The number of rotatable bonds is 2. The fourth-order valence-corrected chi connectivity index (χ4v) is 0.400. The predicted octanol–water partition coefficient (Wildman–Crippen LogP) is -1.13. The molecule has 1 fully saturated rings. The quantitative estimate of drug-likeness (QED) is 0.483. The van der Waals surface area contributed by atoms with Crippen LogP contribution in [0.25, 0.3) is 0 Å². The fourth-order valence-electron chi connectivity index (χ4n) is 0.400. The average molecular weight is 146 g/mol. The molecule has 58 valence electrons. The molecule has 0 aromatic heterocycles. The van der Waals surface area contributed by atoms with Crippen LogP contribution in [0.2, 0.25) is 0 Å². The molecule has 0 saturated carbocycles. The van der Waals surface area contributed by atoms with E-state index in [1.807, 2.05) is 6.79 Å². The fraction of sp³-hybridized carbons (Fsp3) is 0.600. The van der Waals surface area contributed by atoms with Crippen LogP contribution in [0.3, 0.4) is 0 Å². The largest absolute Gasteiger partial charge is 0.371 e. The molecule has 5 nitrogen and oxygen atoms in total. The molecule has 1 heterocycles. The first-order valence-electron chi connectivity index (χ1n) is 2.73. The molecule has 1 rings (SSSR count). The minimum Gasteiger partial charge on any atom is -0.371 e. The van der Waals surface area contributed by atoms with Crippen molar-refractivity contribution in [3.05, 3.63) is 0 Å². The summed E-state index contributed by atoms with van der Waals surface area (Å²) in [7, 11) is 0. The number of ether oxygens (including phenoxy) is 1. The second-order valence-electron chi connectivity index (χ2n) is 1.70. The Morgan fingerprint density at radius 2 is 2.30 bits per heavy atom. The molecule has 1 unspecified atom stereocenters. The standard InChI is InChI=1S/C4H8N2O2.CH2O/c5-4(7)6-1-3-2-8-3;1-2/h3H,1-2H2,(H3,5,6,7);1H2. The number of hydrogen-bond donors (Lipinski definition) is 2. The molecular weight excluding hydrogens is 136 g/mol. The summed E-state index contributed by atoms with van der Waals surface area (Å²) in [5.74, 6) is 0. The zero-order chi connectivity index (χ0) is 7.98. The molecule has 0 bridgehead atoms. The van der Waals surface area contributed by atoms with Gasteiger partial charge in [-0.25, -0.2) is 4.79 Å². The highest BCUT2D eigenvalue weighted by molar-refractivity contribution is 5.71. The number of nitrogens with one attached hydrogen (secondary N) is 1. The molecule has 2 amide bonds. The number of urea groups is 1. The van der Waals surface area contributed by atoms with Crippen LogP contribution in [0, 0.1) is 0 Å². The Balaban J connectivity index is 0.000000371. The molecule has 0 radical (unpaired) electrons. The predicted molar refractivity (Wildman–Crippen MR) is 34.4 cm³/mol. The maximum absolute atomic E-state index is 9.99. The first-order chi connectivity index (χ1) is 4.79. The van der Waals surface area contributed by atoms with Crippen LogP contribution in [0.5, 0.6) is 0 Å². The lowest BCUT2D eigenvalue weighted by Crippen LogP contribution is -2.32. The Morgan fingerprint density at radius 1 is 1.80 bits per heavy atom. The molecule has 1 aliphatic heterocycles. The van der Waals surface area contributed by atoms with Gasteiger partial charge in [0.25, 0.3) is 0 Å². The minimum absolute atomic E-state index is 0.225. The lowest BCUT2D eigenvalue weighted by molar-refractivity contribution is -0.0979. The van der Waals surface area contributed by atoms with Gasteiger partial charge in [-0.2, -0.15) is 0 Å². The molecule has 3 N–H and O–H groups in total. The van der Waals surface area contributed by atoms with E-state index in [1.54, 1.807) is 0 Å². The summed E-state index contributed by atoms with van der Waals surface area (Å²) in [4.78, 5) is 18.0. The van der Waals surface area contributed by atoms with Gasteiger partial charge in [-0.05, 0) is 0 Å². The molecule has 0 aromatic rings. The highest BCUT2D eigenvalue weighted by Crippen LogP contribution is 2.05. The first-order valence-corrected chi connectivity index (χ1v) is 2.73. The Hall–Kier alpha value is -1.10. The van der Waals surface area contributed by atoms with Crippen molar-refractivity contribution in [1.29, 1.82) is 0 Å². The maximum Gasteiger partial charge on any atom is 0.312 e. The third kappa shape index (κ3) is 5.04. The number of epoxide rings is 1. The van der Waals surface area contributed by atoms with Gasteiger partial charge in [0.15, 0.2) is 0 Å². The van der Waals surface area contributed by atoms with Crippen molar-refractivity contribution in [2.24, 2.45) is 5.73 Å². The molecule has 0 aliphatic carbocycles. The number of hydrogen-bond acceptors (Lipinski definition) is 3. The highest BCUT2D eigenvalue weighted by Gasteiger charge is 2.21. The van der Waals surface area contributed by atoms with Crippen molar-refractivity contribution in [2.45, 2.75) is 6.10 Å². The van der Waals surface area contributed by atoms with Crippen molar-refractivity contribution in [1.82, 2.24) is 5.32 Å². The van der Waals surface area contributed by atoms with Gasteiger partial charge in [0, 0.05) is 6.54 Å². The number of nitrogens with two attached hydrogens (primary N) is 1. The van der Waals surface area contributed by atoms with Crippen molar-refractivity contribution in [2.75, 3.05) is 13.2 Å². The Kier molecular flexibility index (Phi) is 4.23. The van der Waals surface area contributed by atoms with Crippen LogP contribution >= 0.6 is 0 Å². The van der Waals surface area contributed by atoms with Crippen molar-refractivity contribution in [3.8, 4) is 0 Å². The summed E-state index contributed by atoms with van der Waals surface area (Å²) in [5, 5.41) is 2.42. The summed E-state index contributed by atoms with van der Waals surface area (Å²) in [5.41, 5.74) is 4.76. The lowest BCUT2D eigenvalue weighted by Gasteiger charge is -1.93. The minimum atomic E-state index is -0.486. The van der Waals surface area contributed by atoms with E-state index in [4.69, 9.17) is 15.3 Å². The van der Waals surface area contributed by atoms with Crippen LogP contribution < -0.4 is 11.1 Å². The summed E-state index contributed by atoms with van der Waals surface area (Å²) in [6.45, 7) is 3.30. The third-order valence-corrected chi connectivity index (χ3v) is 0.906. The summed E-state index contributed by atoms with van der Waals surface area (Å²) >= 11 is 0. The monoisotopic (exact) mass is 146 g/mol. The van der Waals surface area contributed by atoms with Gasteiger partial charge in [-0.15, -0.1) is 0 Å². The normalized spacial score (nSPS) is 20.2. The second kappa shape index (κ2) is 4.75. The molecule has 5 heteroatoms. The SMILES string of the molecule is C=O.NC(=O)NCC1CO1. The van der Waals surface area contributed by atoms with E-state index in [0.29, 0.717) is 6.54 Å². The van der Waals surface area contributed by atoms with Crippen LogP contribution in [0.1, 0.15) is 0 Å². The van der Waals surface area contributed by atoms with Gasteiger partial charge in [0.2, 0.25) is 0 Å². The van der Waals surface area contributed by atoms with E-state index in [2.05, 4.69) is 5.32 Å². The molecule has 0 aromatic carbocycles. The molecule has 1 aliphatic rings. The Bertz CT molecular complexity index is 113. The van der Waals surface area contributed by atoms with E-state index < -0.39 is 6.03 Å². The van der Waals surface area contributed by atoms with Crippen LogP contribution in [0.4, 0.5) is 4.79 Å². The van der Waals surface area contributed by atoms with Gasteiger partial charge in [0.1, 0.15) is 6.79 Å². The van der Waals surface area contributed by atoms with Crippen LogP contribution in [-0.4, -0.2) is 32.1 Å². The molecule has 1 saturated heterocycles. The number of amides is 2. The smallest absolute Gasteiger partial charge is 0.312 e. The van der Waals surface area contributed by atoms with Gasteiger partial charge < -0.3 is 20.6 Å².